The van der Waals surface area contributed by atoms with Gasteiger partial charge in [0.15, 0.2) is 0 Å². The Hall–Kier alpha value is -2.82. The summed E-state index contributed by atoms with van der Waals surface area (Å²) < 4.78 is 1.73. The third-order valence-corrected chi connectivity index (χ3v) is 3.63. The number of carboxylic acids is 1. The van der Waals surface area contributed by atoms with Gasteiger partial charge in [-0.15, -0.1) is 0 Å². The highest BCUT2D eigenvalue weighted by Gasteiger charge is 2.16. The maximum absolute atomic E-state index is 12.4. The van der Waals surface area contributed by atoms with Crippen LogP contribution in [0.2, 0.25) is 0 Å². The van der Waals surface area contributed by atoms with Gasteiger partial charge in [0.2, 0.25) is 5.91 Å². The Morgan fingerprint density at radius 1 is 1.26 bits per heavy atom. The summed E-state index contributed by atoms with van der Waals surface area (Å²) in [6, 6.07) is 10.8. The summed E-state index contributed by atoms with van der Waals surface area (Å²) in [7, 11) is 0. The second kappa shape index (κ2) is 7.45. The Kier molecular flexibility index (Phi) is 5.36. The molecule has 0 saturated carbocycles. The number of hydrogen-bond acceptors (Lipinski definition) is 2. The molecule has 5 nitrogen and oxygen atoms in total. The summed E-state index contributed by atoms with van der Waals surface area (Å²) in [6.45, 7) is 3.85. The lowest BCUT2D eigenvalue weighted by atomic mass is 10.1. The summed E-state index contributed by atoms with van der Waals surface area (Å²) in [5.41, 5.74) is 2.62. The Balaban J connectivity index is 2.10. The van der Waals surface area contributed by atoms with E-state index >= 15 is 0 Å². The molecule has 0 aliphatic carbocycles. The SMILES string of the molecule is CCc1ccc(NC(=O)C(C)n2cccc2/C=C/C(=O)O)cc1. The predicted octanol–water partition coefficient (Wildman–Crippen LogP) is 3.35. The number of aryl methyl sites for hydroxylation is 1. The predicted molar refractivity (Wildman–Crippen MR) is 90.3 cm³/mol. The zero-order valence-corrected chi connectivity index (χ0v) is 13.2. The van der Waals surface area contributed by atoms with E-state index in [1.165, 1.54) is 11.6 Å². The van der Waals surface area contributed by atoms with Gasteiger partial charge in [-0.2, -0.15) is 0 Å². The number of anilines is 1. The van der Waals surface area contributed by atoms with Crippen LogP contribution in [0.5, 0.6) is 0 Å². The molecule has 1 unspecified atom stereocenters. The number of nitrogens with one attached hydrogen (secondary N) is 1. The highest BCUT2D eigenvalue weighted by Crippen LogP contribution is 2.17. The molecular formula is C18H20N2O3. The van der Waals surface area contributed by atoms with Crippen LogP contribution in [-0.4, -0.2) is 21.6 Å². The second-order valence-electron chi connectivity index (χ2n) is 5.23. The van der Waals surface area contributed by atoms with Crippen molar-refractivity contribution < 1.29 is 14.7 Å². The van der Waals surface area contributed by atoms with Crippen molar-refractivity contribution in [2.45, 2.75) is 26.3 Å². The number of aromatic nitrogens is 1. The van der Waals surface area contributed by atoms with Crippen molar-refractivity contribution in [1.82, 2.24) is 4.57 Å². The molecule has 0 bridgehead atoms. The number of benzene rings is 1. The van der Waals surface area contributed by atoms with Gasteiger partial charge in [0, 0.05) is 23.7 Å². The minimum absolute atomic E-state index is 0.157. The van der Waals surface area contributed by atoms with E-state index in [2.05, 4.69) is 12.2 Å². The van der Waals surface area contributed by atoms with E-state index in [0.29, 0.717) is 5.69 Å². The molecule has 2 aromatic rings. The molecule has 1 aromatic heterocycles. The van der Waals surface area contributed by atoms with Crippen LogP contribution in [0, 0.1) is 0 Å². The van der Waals surface area contributed by atoms with E-state index in [1.54, 1.807) is 29.8 Å². The van der Waals surface area contributed by atoms with Crippen molar-refractivity contribution in [2.75, 3.05) is 5.32 Å². The maximum Gasteiger partial charge on any atom is 0.328 e. The van der Waals surface area contributed by atoms with Crippen molar-refractivity contribution in [1.29, 1.82) is 0 Å². The summed E-state index contributed by atoms with van der Waals surface area (Å²) in [5.74, 6) is -1.18. The van der Waals surface area contributed by atoms with Gasteiger partial charge in [0.1, 0.15) is 6.04 Å². The molecule has 0 aliphatic heterocycles. The van der Waals surface area contributed by atoms with Gasteiger partial charge in [-0.1, -0.05) is 19.1 Å². The van der Waals surface area contributed by atoms with Crippen LogP contribution in [0.3, 0.4) is 0 Å². The molecule has 0 fully saturated rings. The van der Waals surface area contributed by atoms with Gasteiger partial charge >= 0.3 is 5.97 Å². The van der Waals surface area contributed by atoms with Crippen molar-refractivity contribution in [2.24, 2.45) is 0 Å². The normalized spacial score (nSPS) is 12.3. The highest BCUT2D eigenvalue weighted by molar-refractivity contribution is 5.93. The van der Waals surface area contributed by atoms with Crippen molar-refractivity contribution in [3.05, 3.63) is 59.9 Å². The third kappa shape index (κ3) is 4.32. The van der Waals surface area contributed by atoms with Crippen LogP contribution >= 0.6 is 0 Å². The molecule has 23 heavy (non-hydrogen) atoms. The minimum Gasteiger partial charge on any atom is -0.478 e. The van der Waals surface area contributed by atoms with Crippen molar-refractivity contribution in [3.8, 4) is 0 Å². The maximum atomic E-state index is 12.4. The van der Waals surface area contributed by atoms with Crippen LogP contribution in [0.1, 0.15) is 31.1 Å². The second-order valence-corrected chi connectivity index (χ2v) is 5.23. The Bertz CT molecular complexity index is 714. The van der Waals surface area contributed by atoms with Crippen LogP contribution in [0.15, 0.2) is 48.7 Å². The van der Waals surface area contributed by atoms with Gasteiger partial charge in [0.05, 0.1) is 0 Å². The molecule has 1 aromatic carbocycles. The molecule has 120 valence electrons. The molecule has 1 heterocycles. The number of carboxylic acid groups (broad SMARTS) is 1. The number of nitrogens with zero attached hydrogens (tertiary/aromatic N) is 1. The van der Waals surface area contributed by atoms with Gasteiger partial charge in [-0.3, -0.25) is 4.79 Å². The monoisotopic (exact) mass is 312 g/mol. The summed E-state index contributed by atoms with van der Waals surface area (Å²) in [5, 5.41) is 11.6. The average molecular weight is 312 g/mol. The van der Waals surface area contributed by atoms with Gasteiger partial charge < -0.3 is 15.0 Å². The standard InChI is InChI=1S/C18H20N2O3/c1-3-14-6-8-15(9-7-14)19-18(23)13(2)20-12-4-5-16(20)10-11-17(21)22/h4-13H,3H2,1-2H3,(H,19,23)(H,21,22)/b11-10+. The van der Waals surface area contributed by atoms with Gasteiger partial charge in [-0.05, 0) is 49.2 Å². The lowest BCUT2D eigenvalue weighted by Gasteiger charge is -2.16. The molecule has 0 aliphatic rings. The Morgan fingerprint density at radius 2 is 1.96 bits per heavy atom. The quantitative estimate of drug-likeness (QED) is 0.804. The first-order valence-corrected chi connectivity index (χ1v) is 7.49. The number of hydrogen-bond donors (Lipinski definition) is 2. The van der Waals surface area contributed by atoms with E-state index < -0.39 is 12.0 Å². The first-order chi connectivity index (χ1) is 11.0. The number of carbonyl (C=O) groups excluding carboxylic acids is 1. The summed E-state index contributed by atoms with van der Waals surface area (Å²) >= 11 is 0. The fraction of sp³-hybridized carbons (Fsp3) is 0.222. The van der Waals surface area contributed by atoms with Crippen molar-refractivity contribution in [3.63, 3.8) is 0 Å². The minimum atomic E-state index is -1.02. The van der Waals surface area contributed by atoms with E-state index in [-0.39, 0.29) is 5.91 Å². The summed E-state index contributed by atoms with van der Waals surface area (Å²) in [4.78, 5) is 23.0. The fourth-order valence-corrected chi connectivity index (χ4v) is 2.25. The van der Waals surface area contributed by atoms with E-state index in [1.807, 2.05) is 24.3 Å². The van der Waals surface area contributed by atoms with Gasteiger partial charge in [-0.25, -0.2) is 4.79 Å². The number of rotatable bonds is 6. The van der Waals surface area contributed by atoms with Crippen LogP contribution < -0.4 is 5.32 Å². The molecule has 0 spiro atoms. The summed E-state index contributed by atoms with van der Waals surface area (Å²) in [6.07, 6.45) is 5.24. The third-order valence-electron chi connectivity index (χ3n) is 3.63. The smallest absolute Gasteiger partial charge is 0.328 e. The Labute approximate surface area is 135 Å². The van der Waals surface area contributed by atoms with E-state index in [9.17, 15) is 9.59 Å². The van der Waals surface area contributed by atoms with Gasteiger partial charge in [0.25, 0.3) is 0 Å². The number of aliphatic carboxylic acids is 1. The molecular weight excluding hydrogens is 292 g/mol. The zero-order valence-electron chi connectivity index (χ0n) is 13.2. The van der Waals surface area contributed by atoms with E-state index in [0.717, 1.165) is 18.2 Å². The van der Waals surface area contributed by atoms with Crippen molar-refractivity contribution >= 4 is 23.6 Å². The van der Waals surface area contributed by atoms with E-state index in [4.69, 9.17) is 5.11 Å². The first-order valence-electron chi connectivity index (χ1n) is 7.49. The average Bonchev–Trinajstić information content (AvgIpc) is 3.01. The zero-order chi connectivity index (χ0) is 16.8. The van der Waals surface area contributed by atoms with Crippen LogP contribution in [0.4, 0.5) is 5.69 Å². The van der Waals surface area contributed by atoms with Crippen LogP contribution in [-0.2, 0) is 16.0 Å². The number of carbonyl (C=O) groups is 2. The topological polar surface area (TPSA) is 71.3 Å². The highest BCUT2D eigenvalue weighted by atomic mass is 16.4. The molecule has 5 heteroatoms. The number of amides is 1. The van der Waals surface area contributed by atoms with Crippen LogP contribution in [0.25, 0.3) is 6.08 Å². The molecule has 2 N–H and O–H groups in total. The fourth-order valence-electron chi connectivity index (χ4n) is 2.25. The largest absolute Gasteiger partial charge is 0.478 e. The molecule has 1 atom stereocenters. The molecule has 0 saturated heterocycles. The molecule has 0 radical (unpaired) electrons. The molecule has 1 amide bonds. The lowest BCUT2D eigenvalue weighted by Crippen LogP contribution is -2.23. The first kappa shape index (κ1) is 16.5. The Morgan fingerprint density at radius 3 is 2.57 bits per heavy atom. The lowest BCUT2D eigenvalue weighted by molar-refractivity contribution is -0.131. The molecule has 2 rings (SSSR count).